The maximum Gasteiger partial charge on any atom is 0.241 e. The first-order chi connectivity index (χ1) is 10.6. The Morgan fingerprint density at radius 1 is 1.09 bits per heavy atom. The standard InChI is InChI=1S/C17H22N2O3S/c1-12(18-16(20)17(2,3)19-23(4,21)22)14-11-7-9-13-8-5-6-10-15(13)14/h5-12,19H,1-4H3,(H,18,20). The van der Waals surface area contributed by atoms with E-state index in [-0.39, 0.29) is 11.9 Å². The zero-order chi connectivity index (χ0) is 17.3. The highest BCUT2D eigenvalue weighted by Crippen LogP contribution is 2.24. The van der Waals surface area contributed by atoms with Crippen molar-refractivity contribution in [3.8, 4) is 0 Å². The summed E-state index contributed by atoms with van der Waals surface area (Å²) in [6.45, 7) is 4.97. The highest BCUT2D eigenvalue weighted by atomic mass is 32.2. The summed E-state index contributed by atoms with van der Waals surface area (Å²) in [7, 11) is -3.47. The van der Waals surface area contributed by atoms with Crippen LogP contribution in [0.15, 0.2) is 42.5 Å². The molecule has 6 heteroatoms. The van der Waals surface area contributed by atoms with Gasteiger partial charge in [0.15, 0.2) is 0 Å². The van der Waals surface area contributed by atoms with E-state index < -0.39 is 15.6 Å². The Morgan fingerprint density at radius 2 is 1.70 bits per heavy atom. The summed E-state index contributed by atoms with van der Waals surface area (Å²) in [5.74, 6) is -0.372. The molecule has 2 aromatic rings. The van der Waals surface area contributed by atoms with Crippen molar-refractivity contribution in [1.82, 2.24) is 10.0 Å². The van der Waals surface area contributed by atoms with E-state index in [4.69, 9.17) is 0 Å². The third kappa shape index (κ3) is 4.30. The maximum absolute atomic E-state index is 12.4. The average Bonchev–Trinajstić information content (AvgIpc) is 2.44. The third-order valence-corrected chi connectivity index (χ3v) is 4.53. The van der Waals surface area contributed by atoms with Crippen molar-refractivity contribution >= 4 is 26.7 Å². The Bertz CT molecular complexity index is 823. The number of rotatable bonds is 5. The van der Waals surface area contributed by atoms with Gasteiger partial charge in [-0.1, -0.05) is 42.5 Å². The Labute approximate surface area is 137 Å². The summed E-state index contributed by atoms with van der Waals surface area (Å²) in [4.78, 5) is 12.4. The normalized spacial score (nSPS) is 13.7. The van der Waals surface area contributed by atoms with Gasteiger partial charge in [0.2, 0.25) is 15.9 Å². The number of amides is 1. The topological polar surface area (TPSA) is 75.3 Å². The highest BCUT2D eigenvalue weighted by Gasteiger charge is 2.31. The van der Waals surface area contributed by atoms with E-state index in [1.807, 2.05) is 49.4 Å². The second kappa shape index (κ2) is 6.29. The van der Waals surface area contributed by atoms with Gasteiger partial charge in [-0.3, -0.25) is 4.79 Å². The molecule has 23 heavy (non-hydrogen) atoms. The number of benzene rings is 2. The van der Waals surface area contributed by atoms with E-state index in [0.717, 1.165) is 22.6 Å². The molecule has 1 unspecified atom stereocenters. The smallest absolute Gasteiger partial charge is 0.241 e. The van der Waals surface area contributed by atoms with Gasteiger partial charge in [-0.25, -0.2) is 13.1 Å². The summed E-state index contributed by atoms with van der Waals surface area (Å²) in [5.41, 5.74) is -0.224. The fourth-order valence-electron chi connectivity index (χ4n) is 2.59. The summed E-state index contributed by atoms with van der Waals surface area (Å²) < 4.78 is 25.1. The molecule has 0 saturated carbocycles. The third-order valence-electron chi connectivity index (χ3n) is 3.65. The van der Waals surface area contributed by atoms with Crippen LogP contribution in [-0.4, -0.2) is 26.1 Å². The van der Waals surface area contributed by atoms with E-state index in [9.17, 15) is 13.2 Å². The molecule has 0 aliphatic rings. The van der Waals surface area contributed by atoms with E-state index in [2.05, 4.69) is 10.0 Å². The van der Waals surface area contributed by atoms with E-state index in [1.54, 1.807) is 13.8 Å². The second-order valence-corrected chi connectivity index (χ2v) is 8.01. The summed E-state index contributed by atoms with van der Waals surface area (Å²) in [6.07, 6.45) is 1.04. The van der Waals surface area contributed by atoms with Gasteiger partial charge >= 0.3 is 0 Å². The molecular weight excluding hydrogens is 312 g/mol. The van der Waals surface area contributed by atoms with Crippen molar-refractivity contribution in [1.29, 1.82) is 0 Å². The minimum atomic E-state index is -3.47. The van der Waals surface area contributed by atoms with Gasteiger partial charge in [0, 0.05) is 0 Å². The van der Waals surface area contributed by atoms with Gasteiger partial charge in [-0.05, 0) is 37.1 Å². The molecule has 0 heterocycles. The summed E-state index contributed by atoms with van der Waals surface area (Å²) >= 11 is 0. The van der Waals surface area contributed by atoms with Crippen LogP contribution in [0.3, 0.4) is 0 Å². The lowest BCUT2D eigenvalue weighted by Crippen LogP contribution is -2.54. The summed E-state index contributed by atoms with van der Waals surface area (Å²) in [5, 5.41) is 5.05. The minimum absolute atomic E-state index is 0.241. The molecule has 2 rings (SSSR count). The first-order valence-corrected chi connectivity index (χ1v) is 9.27. The van der Waals surface area contributed by atoms with Crippen LogP contribution in [0.4, 0.5) is 0 Å². The molecule has 1 amide bonds. The number of hydrogen-bond donors (Lipinski definition) is 2. The molecule has 0 radical (unpaired) electrons. The van der Waals surface area contributed by atoms with Crippen molar-refractivity contribution in [2.24, 2.45) is 0 Å². The van der Waals surface area contributed by atoms with Crippen LogP contribution in [0.2, 0.25) is 0 Å². The first kappa shape index (κ1) is 17.4. The fraction of sp³-hybridized carbons (Fsp3) is 0.353. The quantitative estimate of drug-likeness (QED) is 0.881. The van der Waals surface area contributed by atoms with Crippen LogP contribution in [0.5, 0.6) is 0 Å². The molecule has 124 valence electrons. The Kier molecular flexibility index (Phi) is 4.77. The largest absolute Gasteiger partial charge is 0.348 e. The first-order valence-electron chi connectivity index (χ1n) is 7.38. The van der Waals surface area contributed by atoms with Crippen molar-refractivity contribution in [3.63, 3.8) is 0 Å². The highest BCUT2D eigenvalue weighted by molar-refractivity contribution is 7.88. The Balaban J connectivity index is 2.24. The molecule has 2 N–H and O–H groups in total. The minimum Gasteiger partial charge on any atom is -0.348 e. The van der Waals surface area contributed by atoms with Gasteiger partial charge in [-0.2, -0.15) is 0 Å². The van der Waals surface area contributed by atoms with Gasteiger partial charge in [-0.15, -0.1) is 0 Å². The van der Waals surface area contributed by atoms with Gasteiger partial charge in [0.05, 0.1) is 12.3 Å². The van der Waals surface area contributed by atoms with Crippen LogP contribution >= 0.6 is 0 Å². The second-order valence-electron chi connectivity index (χ2n) is 6.26. The number of sulfonamides is 1. The zero-order valence-corrected chi connectivity index (χ0v) is 14.6. The predicted octanol–water partition coefficient (Wildman–Crippen LogP) is 2.34. The number of nitrogens with one attached hydrogen (secondary N) is 2. The number of fused-ring (bicyclic) bond motifs is 1. The summed E-state index contributed by atoms with van der Waals surface area (Å²) in [6, 6.07) is 13.6. The lowest BCUT2D eigenvalue weighted by atomic mass is 9.98. The van der Waals surface area contributed by atoms with E-state index >= 15 is 0 Å². The number of carbonyl (C=O) groups is 1. The SMILES string of the molecule is CC(NC(=O)C(C)(C)NS(C)(=O)=O)c1cccc2ccccc12. The molecule has 0 aromatic heterocycles. The average molecular weight is 334 g/mol. The van der Waals surface area contributed by atoms with Crippen molar-refractivity contribution in [2.45, 2.75) is 32.4 Å². The van der Waals surface area contributed by atoms with Gasteiger partial charge < -0.3 is 5.32 Å². The molecule has 1 atom stereocenters. The molecule has 0 fully saturated rings. The lowest BCUT2D eigenvalue weighted by molar-refractivity contribution is -0.126. The molecule has 5 nitrogen and oxygen atoms in total. The predicted molar refractivity (Wildman–Crippen MR) is 92.6 cm³/mol. The van der Waals surface area contributed by atoms with E-state index in [1.165, 1.54) is 0 Å². The van der Waals surface area contributed by atoms with Crippen LogP contribution < -0.4 is 10.0 Å². The number of carbonyl (C=O) groups excluding carboxylic acids is 1. The monoisotopic (exact) mass is 334 g/mol. The van der Waals surface area contributed by atoms with E-state index in [0.29, 0.717) is 0 Å². The van der Waals surface area contributed by atoms with Gasteiger partial charge in [0.1, 0.15) is 5.54 Å². The van der Waals surface area contributed by atoms with Crippen LogP contribution in [-0.2, 0) is 14.8 Å². The maximum atomic E-state index is 12.4. The van der Waals surface area contributed by atoms with Crippen LogP contribution in [0, 0.1) is 0 Å². The zero-order valence-electron chi connectivity index (χ0n) is 13.8. The lowest BCUT2D eigenvalue weighted by Gasteiger charge is -2.26. The van der Waals surface area contributed by atoms with Gasteiger partial charge in [0.25, 0.3) is 0 Å². The Morgan fingerprint density at radius 3 is 2.35 bits per heavy atom. The van der Waals surface area contributed by atoms with Crippen molar-refractivity contribution in [3.05, 3.63) is 48.0 Å². The molecular formula is C17H22N2O3S. The molecule has 0 aliphatic carbocycles. The molecule has 0 spiro atoms. The Hall–Kier alpha value is -1.92. The molecule has 0 aliphatic heterocycles. The fourth-order valence-corrected chi connectivity index (χ4v) is 3.61. The number of hydrogen-bond acceptors (Lipinski definition) is 3. The molecule has 2 aromatic carbocycles. The molecule has 0 bridgehead atoms. The van der Waals surface area contributed by atoms with Crippen molar-refractivity contribution in [2.75, 3.05) is 6.26 Å². The van der Waals surface area contributed by atoms with Crippen LogP contribution in [0.1, 0.15) is 32.4 Å². The molecule has 0 saturated heterocycles. The van der Waals surface area contributed by atoms with Crippen molar-refractivity contribution < 1.29 is 13.2 Å². The van der Waals surface area contributed by atoms with Crippen LogP contribution in [0.25, 0.3) is 10.8 Å².